The van der Waals surface area contributed by atoms with Crippen LogP contribution in [0.1, 0.15) is 118 Å². The zero-order valence-electron chi connectivity index (χ0n) is 83.1. The lowest BCUT2D eigenvalue weighted by atomic mass is 10.1. The predicted molar refractivity (Wildman–Crippen MR) is 574 cm³/mol. The van der Waals surface area contributed by atoms with Crippen LogP contribution in [0.5, 0.6) is 17.2 Å². The first-order valence-electron chi connectivity index (χ1n) is 49.7. The van der Waals surface area contributed by atoms with Gasteiger partial charge >= 0.3 is 5.97 Å². The molecule has 4 amide bonds. The molecule has 0 bridgehead atoms. The van der Waals surface area contributed by atoms with E-state index in [2.05, 4.69) is 126 Å². The maximum atomic E-state index is 15.0. The molecule has 4 saturated carbocycles. The van der Waals surface area contributed by atoms with E-state index in [4.69, 9.17) is 94.2 Å². The fourth-order valence-electron chi connectivity index (χ4n) is 17.0. The number of rotatable bonds is 36. The number of nitriles is 1. The first-order valence-corrected chi connectivity index (χ1v) is 50.9. The Kier molecular flexibility index (Phi) is 31.9. The molecule has 0 spiro atoms. The number of benzene rings is 4. The SMILES string of the molecule is C=C1/C(=C/c2cnn3c(NC4CC4)cc(Nc4ccc(C#N)cc4Cl)nc23)CC(=O)N1COC(=O)C(C)N.C=C1NC(=O)C/C1=C\c1cnn2c(NC3CC3)cc(Nc3ccc(OCCCN(C)C)c(Cl)c3)nc12.C=C1NC(=O)C/C1=C\c1cnn2c(NC3CC3)cc(Nc3ccc(OCCN4CCOCC4)c(Cl)c3)nc12.C=C1NC(=O)C/C1=C\c1cnn2c(NC3CC3)cc(Nc3ccc(OCCN4CCOCC4)cc3F)nc12. The molecular weight excluding hydrogens is 1980 g/mol. The maximum Gasteiger partial charge on any atom is 0.324 e. The van der Waals surface area contributed by atoms with Crippen LogP contribution in [-0.4, -0.2) is 251 Å². The Bertz CT molecular complexity index is 7420. The molecule has 6 saturated heterocycles. The number of carbonyl (C=O) groups is 5. The van der Waals surface area contributed by atoms with Gasteiger partial charge in [0.05, 0.1) is 122 Å². The van der Waals surface area contributed by atoms with Crippen molar-refractivity contribution in [3.05, 3.63) is 242 Å². The lowest BCUT2D eigenvalue weighted by Crippen LogP contribution is -2.38. The number of nitrogens with zero attached hydrogens (tertiary/aromatic N) is 17. The van der Waals surface area contributed by atoms with E-state index in [1.807, 2.05) is 99.1 Å². The summed E-state index contributed by atoms with van der Waals surface area (Å²) in [6.07, 6.45) is 25.1. The van der Waals surface area contributed by atoms with Gasteiger partial charge in [-0.3, -0.25) is 38.7 Å². The van der Waals surface area contributed by atoms with Gasteiger partial charge in [-0.2, -0.15) is 43.7 Å². The van der Waals surface area contributed by atoms with Crippen LogP contribution in [0.25, 0.3) is 46.9 Å². The molecule has 0 radical (unpaired) electrons. The number of nitrogens with one attached hydrogen (secondary N) is 11. The molecule has 14 heterocycles. The molecule has 6 aliphatic heterocycles. The molecule has 4 aromatic carbocycles. The van der Waals surface area contributed by atoms with Crippen molar-refractivity contribution >= 4 is 181 Å². The molecule has 10 aliphatic rings. The van der Waals surface area contributed by atoms with Gasteiger partial charge in [0, 0.05) is 157 Å². The fourth-order valence-corrected chi connectivity index (χ4v) is 17.7. The van der Waals surface area contributed by atoms with Crippen LogP contribution >= 0.6 is 34.8 Å². The number of carbonyl (C=O) groups excluding carboxylic acids is 5. The molecule has 12 aromatic rings. The molecule has 8 aromatic heterocycles. The van der Waals surface area contributed by atoms with Gasteiger partial charge in [-0.15, -0.1) is 0 Å². The van der Waals surface area contributed by atoms with E-state index in [1.165, 1.54) is 17.9 Å². The van der Waals surface area contributed by atoms with E-state index in [9.17, 15) is 24.0 Å². The van der Waals surface area contributed by atoms with Gasteiger partial charge in [-0.05, 0) is 192 Å². The van der Waals surface area contributed by atoms with Gasteiger partial charge in [0.1, 0.15) is 88.9 Å². The average Bonchev–Trinajstić information content (AvgIpc) is 1.64. The van der Waals surface area contributed by atoms with Crippen molar-refractivity contribution in [3.8, 4) is 23.3 Å². The number of ether oxygens (including phenoxy) is 6. The van der Waals surface area contributed by atoms with Crippen molar-refractivity contribution in [1.29, 1.82) is 5.26 Å². The van der Waals surface area contributed by atoms with Gasteiger partial charge in [0.2, 0.25) is 23.6 Å². The summed E-state index contributed by atoms with van der Waals surface area (Å²) in [7, 11) is 4.08. The van der Waals surface area contributed by atoms with Gasteiger partial charge in [-0.1, -0.05) is 61.1 Å². The Morgan fingerprint density at radius 3 is 1.28 bits per heavy atom. The lowest BCUT2D eigenvalue weighted by Gasteiger charge is -2.26. The summed E-state index contributed by atoms with van der Waals surface area (Å²) in [4.78, 5) is 86.8. The molecular formula is C106H115Cl3FN29O11. The van der Waals surface area contributed by atoms with Gasteiger partial charge in [0.15, 0.2) is 29.3 Å². The lowest BCUT2D eigenvalue weighted by molar-refractivity contribution is -0.151. The number of nitrogens with two attached hydrogens (primary N) is 1. The number of anilines is 12. The molecule has 1 unspecified atom stereocenters. The average molecular weight is 2100 g/mol. The van der Waals surface area contributed by atoms with Gasteiger partial charge in [-0.25, -0.2) is 24.3 Å². The van der Waals surface area contributed by atoms with Crippen molar-refractivity contribution in [2.45, 2.75) is 121 Å². The zero-order chi connectivity index (χ0) is 104. The number of aromatic nitrogens is 12. The van der Waals surface area contributed by atoms with Gasteiger partial charge in [0.25, 0.3) is 0 Å². The highest BCUT2D eigenvalue weighted by molar-refractivity contribution is 6.33. The third kappa shape index (κ3) is 26.4. The van der Waals surface area contributed by atoms with Crippen molar-refractivity contribution < 1.29 is 56.8 Å². The Hall–Kier alpha value is -15.5. The summed E-state index contributed by atoms with van der Waals surface area (Å²) in [5.41, 5.74) is 19.3. The molecule has 150 heavy (non-hydrogen) atoms. The predicted octanol–water partition coefficient (Wildman–Crippen LogP) is 15.1. The first-order chi connectivity index (χ1) is 72.6. The Morgan fingerprint density at radius 2 is 0.907 bits per heavy atom. The van der Waals surface area contributed by atoms with Crippen LogP contribution in [-0.2, 0) is 38.2 Å². The first kappa shape index (κ1) is 103. The number of hydrogen-bond acceptors (Lipinski definition) is 32. The van der Waals surface area contributed by atoms with Crippen LogP contribution < -0.4 is 78.4 Å². The number of amides is 4. The van der Waals surface area contributed by atoms with Gasteiger partial charge < -0.3 is 97.5 Å². The second-order valence-corrected chi connectivity index (χ2v) is 39.3. The van der Waals surface area contributed by atoms with Crippen LogP contribution in [0, 0.1) is 17.1 Å². The zero-order valence-corrected chi connectivity index (χ0v) is 85.3. The minimum atomic E-state index is -0.791. The van der Waals surface area contributed by atoms with E-state index in [-0.39, 0.29) is 48.9 Å². The number of halogens is 4. The monoisotopic (exact) mass is 2090 g/mol. The third-order valence-electron chi connectivity index (χ3n) is 25.7. The number of morpholine rings is 2. The molecule has 22 rings (SSSR count). The minimum absolute atomic E-state index is 0.0591. The third-order valence-corrected chi connectivity index (χ3v) is 26.6. The minimum Gasteiger partial charge on any atom is -0.492 e. The number of likely N-dealkylation sites (tertiary alicyclic amines) is 1. The maximum absolute atomic E-state index is 15.0. The summed E-state index contributed by atoms with van der Waals surface area (Å²) in [6, 6.07) is 31.4. The molecule has 4 aliphatic carbocycles. The van der Waals surface area contributed by atoms with E-state index >= 15 is 4.39 Å². The molecule has 40 nitrogen and oxygen atoms in total. The normalized spacial score (nSPS) is 18.1. The number of allylic oxidation sites excluding steroid dienone is 4. The molecule has 44 heteroatoms. The topological polar surface area (TPSA) is 457 Å². The number of fused-ring (bicyclic) bond motifs is 4. The molecule has 10 fully saturated rings. The van der Waals surface area contributed by atoms with Crippen molar-refractivity contribution in [2.75, 3.05) is 155 Å². The summed E-state index contributed by atoms with van der Waals surface area (Å²) in [5, 5.41) is 64.0. The molecule has 778 valence electrons. The Morgan fingerprint density at radius 1 is 0.513 bits per heavy atom. The highest BCUT2D eigenvalue weighted by Gasteiger charge is 2.34. The second-order valence-electron chi connectivity index (χ2n) is 38.1. The van der Waals surface area contributed by atoms with Crippen molar-refractivity contribution in [3.63, 3.8) is 0 Å². The van der Waals surface area contributed by atoms with Crippen molar-refractivity contribution in [1.82, 2.24) is 93.9 Å². The van der Waals surface area contributed by atoms with E-state index < -0.39 is 17.8 Å². The summed E-state index contributed by atoms with van der Waals surface area (Å²) in [6.45, 7) is 27.9. The highest BCUT2D eigenvalue weighted by atomic mass is 35.5. The van der Waals surface area contributed by atoms with E-state index in [0.29, 0.717) is 180 Å². The van der Waals surface area contributed by atoms with Crippen LogP contribution in [0.2, 0.25) is 15.1 Å². The molecule has 13 N–H and O–H groups in total. The van der Waals surface area contributed by atoms with Crippen molar-refractivity contribution in [2.24, 2.45) is 5.73 Å². The summed E-state index contributed by atoms with van der Waals surface area (Å²) < 4.78 is 55.5. The second kappa shape index (κ2) is 46.5. The fraction of sp³-hybridized carbons (Fsp3) is 0.340. The number of esters is 1. The largest absolute Gasteiger partial charge is 0.492 e. The summed E-state index contributed by atoms with van der Waals surface area (Å²) >= 11 is 19.4. The van der Waals surface area contributed by atoms with Crippen LogP contribution in [0.15, 0.2) is 193 Å². The Labute approximate surface area is 878 Å². The Balaban J connectivity index is 0.000000125. The molecule has 1 atom stereocenters. The highest BCUT2D eigenvalue weighted by Crippen LogP contribution is 2.41. The quantitative estimate of drug-likeness (QED) is 0.0128. The van der Waals surface area contributed by atoms with E-state index in [0.717, 1.165) is 198 Å². The van der Waals surface area contributed by atoms with Crippen LogP contribution in [0.4, 0.5) is 73.7 Å². The summed E-state index contributed by atoms with van der Waals surface area (Å²) in [5.74, 6) is 5.80. The van der Waals surface area contributed by atoms with Crippen LogP contribution in [0.3, 0.4) is 0 Å². The number of hydrogen-bond donors (Lipinski definition) is 12. The smallest absolute Gasteiger partial charge is 0.324 e. The standard InChI is InChI=1S/C27H30ClN7O3.C27H30FN7O3.C26H25ClN8O3.C26H30ClN7O2/c1-17-18(13-26(36)30-17)12-19-16-29-35-25(32-20-2-3-20)15-24(33-27(19)35)31-21-4-5-23(22(28)14-21)38-11-8-34-6-9-37-10-7-34;1-17-18(13-26(36)30-17)12-19-16-29-35-25(31-20-2-3-20)15-24(33-27(19)35)32-23-5-4-21(14-22(23)28)38-11-8-34-6-9-37-10-7-34;1-14(29)26(37)38-13-34-15(2)17(9-24(34)36)8-18-12-30-35-23(31-19-4-5-19)10-22(33-25(18)35)32-21-6-3-16(11-28)7-20(21)27;1-16-17(12-25(35)29-16)11-18-15-28-34-24(31-19-5-6-19)14-23(32-26(18)34)30-20-7-8-22(21(27)13-20)36-10-4-9-33(2)3/h4-5,12,14-16,20,32H,1-3,6-11,13H2,(H,30,36)(H,31,33);4-5,12,14-16,20,31H,1-3,6-11,13H2,(H,30,36)(H,32,33);3,6-8,10,12,14,19,31H,2,4-5,9,13,29H2,1H3,(H,32,33);7-8,11,13-15,19,31H,1,4-6,9-10,12H2,2-3H3,(H,29,35)(H,30,32)/b2*18-12+;17-8+;17-11+. The van der Waals surface area contributed by atoms with E-state index in [1.54, 1.807) is 73.2 Å².